The van der Waals surface area contributed by atoms with Crippen molar-refractivity contribution >= 4 is 39.0 Å². The van der Waals surface area contributed by atoms with Gasteiger partial charge in [0.1, 0.15) is 5.15 Å². The Hall–Kier alpha value is -2.26. The van der Waals surface area contributed by atoms with Crippen molar-refractivity contribution in [2.75, 3.05) is 17.1 Å². The van der Waals surface area contributed by atoms with Gasteiger partial charge < -0.3 is 15.2 Å². The number of anilines is 2. The number of urea groups is 1. The zero-order valence-corrected chi connectivity index (χ0v) is 13.4. The summed E-state index contributed by atoms with van der Waals surface area (Å²) >= 11 is 5.89. The summed E-state index contributed by atoms with van der Waals surface area (Å²) in [5.41, 5.74) is 0.710. The van der Waals surface area contributed by atoms with Crippen molar-refractivity contribution in [2.45, 2.75) is 5.03 Å². The summed E-state index contributed by atoms with van der Waals surface area (Å²) in [6.07, 6.45) is 1.31. The summed E-state index contributed by atoms with van der Waals surface area (Å²) in [6.45, 7) is 0. The highest BCUT2D eigenvalue weighted by Crippen LogP contribution is 2.23. The molecule has 0 radical (unpaired) electrons. The molecule has 1 aromatic heterocycles. The van der Waals surface area contributed by atoms with Gasteiger partial charge in [-0.25, -0.2) is 9.78 Å². The predicted octanol–water partition coefficient (Wildman–Crippen LogP) is 1.63. The van der Waals surface area contributed by atoms with E-state index in [0.29, 0.717) is 5.69 Å². The first-order valence-electron chi connectivity index (χ1n) is 6.12. The molecule has 0 saturated heterocycles. The Morgan fingerprint density at radius 2 is 2.00 bits per heavy atom. The van der Waals surface area contributed by atoms with Gasteiger partial charge in [0.15, 0.2) is 0 Å². The van der Waals surface area contributed by atoms with E-state index < -0.39 is 16.1 Å². The van der Waals surface area contributed by atoms with Gasteiger partial charge in [-0.3, -0.25) is 4.72 Å². The quantitative estimate of drug-likeness (QED) is 0.784. The van der Waals surface area contributed by atoms with Gasteiger partial charge in [-0.2, -0.15) is 8.42 Å². The van der Waals surface area contributed by atoms with E-state index in [-0.39, 0.29) is 15.9 Å². The number of sulfonamides is 1. The number of imidazole rings is 1. The molecule has 1 aromatic carbocycles. The fourth-order valence-corrected chi connectivity index (χ4v) is 3.11. The molecule has 8 nitrogen and oxygen atoms in total. The summed E-state index contributed by atoms with van der Waals surface area (Å²) in [7, 11) is -0.853. The van der Waals surface area contributed by atoms with E-state index in [1.807, 2.05) is 0 Å². The number of nitrogens with one attached hydrogen (secondary N) is 3. The van der Waals surface area contributed by atoms with Crippen molar-refractivity contribution in [1.29, 1.82) is 0 Å². The third-order valence-electron chi connectivity index (χ3n) is 2.69. The van der Waals surface area contributed by atoms with Crippen LogP contribution in [0.1, 0.15) is 0 Å². The number of rotatable bonds is 4. The van der Waals surface area contributed by atoms with Gasteiger partial charge in [0.2, 0.25) is 5.03 Å². The lowest BCUT2D eigenvalue weighted by atomic mass is 10.3. The highest BCUT2D eigenvalue weighted by Gasteiger charge is 2.22. The van der Waals surface area contributed by atoms with Crippen molar-refractivity contribution in [3.05, 3.63) is 35.7 Å². The highest BCUT2D eigenvalue weighted by atomic mass is 35.5. The average Bonchev–Trinajstić information content (AvgIpc) is 2.79. The summed E-state index contributed by atoms with van der Waals surface area (Å²) in [4.78, 5) is 15.0. The van der Waals surface area contributed by atoms with E-state index in [4.69, 9.17) is 11.6 Å². The third-order valence-corrected chi connectivity index (χ3v) is 4.56. The lowest BCUT2D eigenvalue weighted by Crippen LogP contribution is -2.24. The van der Waals surface area contributed by atoms with Crippen molar-refractivity contribution in [3.63, 3.8) is 0 Å². The maximum absolute atomic E-state index is 12.3. The molecule has 0 unspecified atom stereocenters. The van der Waals surface area contributed by atoms with Crippen LogP contribution in [0.25, 0.3) is 0 Å². The normalized spacial score (nSPS) is 11.0. The number of amides is 2. The highest BCUT2D eigenvalue weighted by molar-refractivity contribution is 7.92. The van der Waals surface area contributed by atoms with Crippen LogP contribution in [-0.4, -0.2) is 31.0 Å². The molecule has 2 rings (SSSR count). The van der Waals surface area contributed by atoms with E-state index in [1.54, 1.807) is 25.2 Å². The minimum absolute atomic E-state index is 0.00661. The summed E-state index contributed by atoms with van der Waals surface area (Å²) in [5, 5.41) is 4.68. The second-order valence-electron chi connectivity index (χ2n) is 4.34. The number of aryl methyl sites for hydroxylation is 1. The standard InChI is InChI=1S/C12H14ClN5O3S/c1-14-12(19)16-8-4-3-5-9(6-8)17-22(20,21)11-10(13)18(2)7-15-11/h3-7,17H,1-2H3,(H2,14,16,19). The van der Waals surface area contributed by atoms with Crippen LogP contribution in [0, 0.1) is 0 Å². The summed E-state index contributed by atoms with van der Waals surface area (Å²) in [5.74, 6) is 0. The van der Waals surface area contributed by atoms with Gasteiger partial charge in [0, 0.05) is 19.8 Å². The molecular weight excluding hydrogens is 330 g/mol. The first kappa shape index (κ1) is 16.1. The number of carbonyl (C=O) groups is 1. The number of halogens is 1. The summed E-state index contributed by atoms with van der Waals surface area (Å²) in [6, 6.07) is 5.84. The van der Waals surface area contributed by atoms with Crippen LogP contribution in [0.4, 0.5) is 16.2 Å². The molecule has 0 atom stereocenters. The van der Waals surface area contributed by atoms with Crippen LogP contribution in [0.3, 0.4) is 0 Å². The Morgan fingerprint density at radius 1 is 1.32 bits per heavy atom. The zero-order valence-electron chi connectivity index (χ0n) is 11.8. The maximum Gasteiger partial charge on any atom is 0.318 e. The van der Waals surface area contributed by atoms with E-state index in [9.17, 15) is 13.2 Å². The molecule has 0 saturated carbocycles. The Kier molecular flexibility index (Phi) is 4.57. The van der Waals surface area contributed by atoms with Crippen LogP contribution in [-0.2, 0) is 17.1 Å². The van der Waals surface area contributed by atoms with Crippen LogP contribution in [0.5, 0.6) is 0 Å². The molecule has 0 spiro atoms. The topological polar surface area (TPSA) is 105 Å². The van der Waals surface area contributed by atoms with Gasteiger partial charge in [-0.1, -0.05) is 17.7 Å². The molecular formula is C12H14ClN5O3S. The van der Waals surface area contributed by atoms with Gasteiger partial charge in [0.25, 0.3) is 10.0 Å². The van der Waals surface area contributed by atoms with Crippen LogP contribution in [0.15, 0.2) is 35.6 Å². The average molecular weight is 344 g/mol. The number of aromatic nitrogens is 2. The first-order chi connectivity index (χ1) is 10.3. The van der Waals surface area contributed by atoms with E-state index in [2.05, 4.69) is 20.3 Å². The van der Waals surface area contributed by atoms with Gasteiger partial charge in [-0.05, 0) is 18.2 Å². The second-order valence-corrected chi connectivity index (χ2v) is 6.30. The molecule has 1 heterocycles. The molecule has 22 heavy (non-hydrogen) atoms. The van der Waals surface area contributed by atoms with Crippen LogP contribution in [0.2, 0.25) is 5.15 Å². The molecule has 0 aliphatic carbocycles. The van der Waals surface area contributed by atoms with Gasteiger partial charge >= 0.3 is 6.03 Å². The minimum Gasteiger partial charge on any atom is -0.341 e. The second kappa shape index (κ2) is 6.24. The number of benzene rings is 1. The van der Waals surface area contributed by atoms with Gasteiger partial charge in [-0.15, -0.1) is 0 Å². The Morgan fingerprint density at radius 3 is 2.59 bits per heavy atom. The number of hydrogen-bond acceptors (Lipinski definition) is 4. The van der Waals surface area contributed by atoms with Crippen LogP contribution >= 0.6 is 11.6 Å². The van der Waals surface area contributed by atoms with Crippen molar-refractivity contribution in [3.8, 4) is 0 Å². The molecule has 2 amide bonds. The van der Waals surface area contributed by atoms with Gasteiger partial charge in [0.05, 0.1) is 12.0 Å². The molecule has 2 aromatic rings. The molecule has 118 valence electrons. The molecule has 0 fully saturated rings. The Bertz CT molecular complexity index is 803. The maximum atomic E-state index is 12.3. The predicted molar refractivity (Wildman–Crippen MR) is 83.5 cm³/mol. The molecule has 0 aliphatic heterocycles. The SMILES string of the molecule is CNC(=O)Nc1cccc(NS(=O)(=O)c2ncn(C)c2Cl)c1. The van der Waals surface area contributed by atoms with E-state index in [1.165, 1.54) is 24.0 Å². The number of nitrogens with zero attached hydrogens (tertiary/aromatic N) is 2. The Balaban J connectivity index is 2.25. The third kappa shape index (κ3) is 3.49. The van der Waals surface area contributed by atoms with Crippen molar-refractivity contribution < 1.29 is 13.2 Å². The molecule has 10 heteroatoms. The summed E-state index contributed by atoms with van der Waals surface area (Å²) < 4.78 is 28.3. The number of hydrogen-bond donors (Lipinski definition) is 3. The Labute approximate surface area is 132 Å². The minimum atomic E-state index is -3.92. The van der Waals surface area contributed by atoms with Crippen molar-refractivity contribution in [1.82, 2.24) is 14.9 Å². The largest absolute Gasteiger partial charge is 0.341 e. The van der Waals surface area contributed by atoms with E-state index >= 15 is 0 Å². The monoisotopic (exact) mass is 343 g/mol. The lowest BCUT2D eigenvalue weighted by Gasteiger charge is -2.09. The first-order valence-corrected chi connectivity index (χ1v) is 7.98. The number of carbonyl (C=O) groups excluding carboxylic acids is 1. The van der Waals surface area contributed by atoms with E-state index in [0.717, 1.165) is 0 Å². The smallest absolute Gasteiger partial charge is 0.318 e. The molecule has 0 aliphatic rings. The lowest BCUT2D eigenvalue weighted by molar-refractivity contribution is 0.254. The van der Waals surface area contributed by atoms with Crippen molar-refractivity contribution in [2.24, 2.45) is 7.05 Å². The molecule has 3 N–H and O–H groups in total. The fourth-order valence-electron chi connectivity index (χ4n) is 1.63. The zero-order chi connectivity index (χ0) is 16.3. The van der Waals surface area contributed by atoms with Crippen LogP contribution < -0.4 is 15.4 Å². The fraction of sp³-hybridized carbons (Fsp3) is 0.167. The molecule has 0 bridgehead atoms.